The van der Waals surface area contributed by atoms with E-state index in [0.717, 1.165) is 22.7 Å². The number of nitro groups is 1. The lowest BCUT2D eigenvalue weighted by Crippen LogP contribution is -2.12. The van der Waals surface area contributed by atoms with Gasteiger partial charge < -0.3 is 14.2 Å². The molecular formula is C20H15N3O5. The number of aromatic nitrogens is 1. The molecule has 0 aliphatic rings. The number of hydrogen-bond acceptors (Lipinski definition) is 6. The first-order valence-electron chi connectivity index (χ1n) is 8.44. The first-order chi connectivity index (χ1) is 13.4. The maximum Gasteiger partial charge on any atom is 0.433 e. The first kappa shape index (κ1) is 17.5. The maximum absolute atomic E-state index is 12.4. The molecule has 0 fully saturated rings. The number of anilines is 1. The number of carbonyl (C=O) groups is 1. The van der Waals surface area contributed by atoms with Crippen LogP contribution in [0.15, 0.2) is 57.4 Å². The number of hydrogen-bond donors (Lipinski definition) is 1. The van der Waals surface area contributed by atoms with Gasteiger partial charge in [0.1, 0.15) is 10.4 Å². The molecule has 0 unspecified atom stereocenters. The molecule has 2 aromatic heterocycles. The number of carbonyl (C=O) groups excluding carboxylic acids is 1. The second-order valence-corrected chi connectivity index (χ2v) is 6.37. The molecule has 140 valence electrons. The van der Waals surface area contributed by atoms with E-state index in [-0.39, 0.29) is 5.76 Å². The van der Waals surface area contributed by atoms with Gasteiger partial charge >= 0.3 is 5.88 Å². The lowest BCUT2D eigenvalue weighted by atomic mass is 10.1. The number of amides is 1. The van der Waals surface area contributed by atoms with Gasteiger partial charge in [-0.05, 0) is 55.3 Å². The number of nitrogens with one attached hydrogen (secondary N) is 1. The standard InChI is InChI=1S/C20H15N3O5/c1-11-3-6-14-17(9-11)28-20(22-14)13-5-4-12(2)15(10-13)21-19(24)16-7-8-18(27-16)23(25)26/h3-10H,1-2H3,(H,21,24). The number of fused-ring (bicyclic) bond motifs is 1. The number of rotatable bonds is 4. The van der Waals surface area contributed by atoms with Crippen molar-refractivity contribution in [3.05, 3.63) is 75.5 Å². The van der Waals surface area contributed by atoms with E-state index in [1.54, 1.807) is 6.07 Å². The van der Waals surface area contributed by atoms with Crippen molar-refractivity contribution in [2.24, 2.45) is 0 Å². The maximum atomic E-state index is 12.4. The Morgan fingerprint density at radius 1 is 1.07 bits per heavy atom. The van der Waals surface area contributed by atoms with E-state index in [2.05, 4.69) is 10.3 Å². The fraction of sp³-hybridized carbons (Fsp3) is 0.100. The van der Waals surface area contributed by atoms with Gasteiger partial charge in [0.25, 0.3) is 5.91 Å². The summed E-state index contributed by atoms with van der Waals surface area (Å²) in [4.78, 5) is 26.9. The Kier molecular flexibility index (Phi) is 4.15. The van der Waals surface area contributed by atoms with Gasteiger partial charge in [0.2, 0.25) is 5.89 Å². The van der Waals surface area contributed by atoms with Crippen LogP contribution < -0.4 is 5.32 Å². The van der Waals surface area contributed by atoms with Crippen LogP contribution in [0.2, 0.25) is 0 Å². The molecule has 2 aromatic carbocycles. The quantitative estimate of drug-likeness (QED) is 0.401. The van der Waals surface area contributed by atoms with Gasteiger partial charge in [-0.25, -0.2) is 4.98 Å². The summed E-state index contributed by atoms with van der Waals surface area (Å²) < 4.78 is 10.8. The second kappa shape index (κ2) is 6.66. The van der Waals surface area contributed by atoms with Crippen molar-refractivity contribution in [3.63, 3.8) is 0 Å². The molecule has 0 spiro atoms. The highest BCUT2D eigenvalue weighted by Gasteiger charge is 2.18. The molecule has 0 saturated heterocycles. The highest BCUT2D eigenvalue weighted by molar-refractivity contribution is 6.03. The molecule has 2 heterocycles. The summed E-state index contributed by atoms with van der Waals surface area (Å²) in [5, 5.41) is 13.4. The fourth-order valence-electron chi connectivity index (χ4n) is 2.78. The lowest BCUT2D eigenvalue weighted by Gasteiger charge is -2.08. The minimum Gasteiger partial charge on any atom is -0.436 e. The van der Waals surface area contributed by atoms with E-state index in [0.29, 0.717) is 22.7 Å². The minimum absolute atomic E-state index is 0.145. The largest absolute Gasteiger partial charge is 0.436 e. The van der Waals surface area contributed by atoms with Gasteiger partial charge in [0, 0.05) is 11.3 Å². The minimum atomic E-state index is -0.697. The van der Waals surface area contributed by atoms with Crippen molar-refractivity contribution in [2.75, 3.05) is 5.32 Å². The zero-order chi connectivity index (χ0) is 19.8. The zero-order valence-corrected chi connectivity index (χ0v) is 15.1. The van der Waals surface area contributed by atoms with Crippen molar-refractivity contribution < 1.29 is 18.6 Å². The molecule has 0 saturated carbocycles. The molecule has 4 rings (SSSR count). The average molecular weight is 377 g/mol. The van der Waals surface area contributed by atoms with Gasteiger partial charge in [-0.2, -0.15) is 0 Å². The molecule has 0 atom stereocenters. The number of oxazole rings is 1. The molecule has 1 N–H and O–H groups in total. The van der Waals surface area contributed by atoms with Crippen LogP contribution in [0.3, 0.4) is 0 Å². The molecular weight excluding hydrogens is 362 g/mol. The summed E-state index contributed by atoms with van der Waals surface area (Å²) in [5.41, 5.74) is 4.53. The molecule has 1 amide bonds. The van der Waals surface area contributed by atoms with Gasteiger partial charge in [-0.3, -0.25) is 14.9 Å². The van der Waals surface area contributed by atoms with Crippen LogP contribution in [0.5, 0.6) is 0 Å². The summed E-state index contributed by atoms with van der Waals surface area (Å²) in [5.74, 6) is -0.780. The number of aryl methyl sites for hydroxylation is 2. The summed E-state index contributed by atoms with van der Waals surface area (Å²) in [6.07, 6.45) is 0. The molecule has 8 heteroatoms. The number of furan rings is 1. The van der Waals surface area contributed by atoms with E-state index in [1.807, 2.05) is 44.2 Å². The van der Waals surface area contributed by atoms with Gasteiger partial charge in [0.15, 0.2) is 11.3 Å². The van der Waals surface area contributed by atoms with Crippen molar-refractivity contribution in [3.8, 4) is 11.5 Å². The summed E-state index contributed by atoms with van der Waals surface area (Å²) in [7, 11) is 0. The van der Waals surface area contributed by atoms with E-state index < -0.39 is 16.7 Å². The summed E-state index contributed by atoms with van der Waals surface area (Å²) in [6, 6.07) is 13.6. The Hall–Kier alpha value is -3.94. The normalized spacial score (nSPS) is 10.9. The molecule has 0 bridgehead atoms. The van der Waals surface area contributed by atoms with Gasteiger partial charge in [0.05, 0.1) is 6.07 Å². The van der Waals surface area contributed by atoms with Crippen molar-refractivity contribution in [2.45, 2.75) is 13.8 Å². The number of benzene rings is 2. The molecule has 4 aromatic rings. The monoisotopic (exact) mass is 377 g/mol. The van der Waals surface area contributed by atoms with Crippen LogP contribution in [0.1, 0.15) is 21.7 Å². The van der Waals surface area contributed by atoms with Crippen molar-refractivity contribution in [1.82, 2.24) is 4.98 Å². The van der Waals surface area contributed by atoms with E-state index in [4.69, 9.17) is 8.83 Å². The Morgan fingerprint density at radius 3 is 2.64 bits per heavy atom. The average Bonchev–Trinajstić information content (AvgIpc) is 3.30. The Labute approximate surface area is 158 Å². The van der Waals surface area contributed by atoms with E-state index in [9.17, 15) is 14.9 Å². The predicted octanol–water partition coefficient (Wildman–Crippen LogP) is 4.87. The summed E-state index contributed by atoms with van der Waals surface area (Å²) in [6.45, 7) is 3.81. The van der Waals surface area contributed by atoms with Crippen LogP contribution in [0.25, 0.3) is 22.6 Å². The topological polar surface area (TPSA) is 111 Å². The van der Waals surface area contributed by atoms with Crippen LogP contribution in [-0.2, 0) is 0 Å². The van der Waals surface area contributed by atoms with E-state index in [1.165, 1.54) is 6.07 Å². The number of nitrogens with zero attached hydrogens (tertiary/aromatic N) is 2. The highest BCUT2D eigenvalue weighted by Crippen LogP contribution is 2.29. The third kappa shape index (κ3) is 3.23. The van der Waals surface area contributed by atoms with Crippen LogP contribution in [0, 0.1) is 24.0 Å². The SMILES string of the molecule is Cc1ccc2nc(-c3ccc(C)c(NC(=O)c4ccc([N+](=O)[O-])o4)c3)oc2c1. The fourth-order valence-corrected chi connectivity index (χ4v) is 2.78. The molecule has 28 heavy (non-hydrogen) atoms. The summed E-state index contributed by atoms with van der Waals surface area (Å²) >= 11 is 0. The van der Waals surface area contributed by atoms with Crippen molar-refractivity contribution in [1.29, 1.82) is 0 Å². The Morgan fingerprint density at radius 2 is 1.89 bits per heavy atom. The second-order valence-electron chi connectivity index (χ2n) is 6.37. The molecule has 0 aliphatic carbocycles. The lowest BCUT2D eigenvalue weighted by molar-refractivity contribution is -0.402. The van der Waals surface area contributed by atoms with Gasteiger partial charge in [-0.1, -0.05) is 12.1 Å². The highest BCUT2D eigenvalue weighted by atomic mass is 16.6. The zero-order valence-electron chi connectivity index (χ0n) is 15.1. The molecule has 8 nitrogen and oxygen atoms in total. The molecule has 0 aliphatic heterocycles. The molecule has 0 radical (unpaired) electrons. The van der Waals surface area contributed by atoms with Crippen LogP contribution in [-0.4, -0.2) is 15.8 Å². The predicted molar refractivity (Wildman–Crippen MR) is 102 cm³/mol. The third-order valence-electron chi connectivity index (χ3n) is 4.27. The first-order valence-corrected chi connectivity index (χ1v) is 8.44. The van der Waals surface area contributed by atoms with Crippen LogP contribution >= 0.6 is 0 Å². The van der Waals surface area contributed by atoms with Crippen LogP contribution in [0.4, 0.5) is 11.6 Å². The van der Waals surface area contributed by atoms with Crippen molar-refractivity contribution >= 4 is 28.6 Å². The van der Waals surface area contributed by atoms with E-state index >= 15 is 0 Å². The van der Waals surface area contributed by atoms with Gasteiger partial charge in [-0.15, -0.1) is 0 Å². The smallest absolute Gasteiger partial charge is 0.433 e. The third-order valence-corrected chi connectivity index (χ3v) is 4.27. The Bertz CT molecular complexity index is 1220. The Balaban J connectivity index is 1.64.